The van der Waals surface area contributed by atoms with Crippen LogP contribution in [0.25, 0.3) is 5.69 Å². The van der Waals surface area contributed by atoms with Crippen molar-refractivity contribution in [3.63, 3.8) is 0 Å². The highest BCUT2D eigenvalue weighted by molar-refractivity contribution is 5.82. The molecular formula is C22H25N3O. The van der Waals surface area contributed by atoms with E-state index in [-0.39, 0.29) is 0 Å². The maximum absolute atomic E-state index is 5.36. The molecule has 3 aromatic rings. The second-order valence-electron chi connectivity index (χ2n) is 6.41. The number of hydrogen-bond acceptors (Lipinski definition) is 3. The van der Waals surface area contributed by atoms with E-state index in [0.29, 0.717) is 6.54 Å². The predicted octanol–water partition coefficient (Wildman–Crippen LogP) is 4.53. The summed E-state index contributed by atoms with van der Waals surface area (Å²) in [6, 6.07) is 18.6. The maximum Gasteiger partial charge on any atom is 0.123 e. The van der Waals surface area contributed by atoms with Crippen LogP contribution in [0.1, 0.15) is 28.1 Å². The molecule has 0 fully saturated rings. The van der Waals surface area contributed by atoms with Gasteiger partial charge in [-0.2, -0.15) is 5.10 Å². The fourth-order valence-corrected chi connectivity index (χ4v) is 3.18. The van der Waals surface area contributed by atoms with Crippen molar-refractivity contribution >= 4 is 6.21 Å². The van der Waals surface area contributed by atoms with Crippen molar-refractivity contribution in [3.8, 4) is 11.4 Å². The molecule has 4 heteroatoms. The van der Waals surface area contributed by atoms with Crippen LogP contribution in [0.4, 0.5) is 0 Å². The van der Waals surface area contributed by atoms with Crippen LogP contribution in [-0.2, 0) is 6.54 Å². The van der Waals surface area contributed by atoms with Gasteiger partial charge in [-0.05, 0) is 50.6 Å². The van der Waals surface area contributed by atoms with Gasteiger partial charge in [0.25, 0.3) is 0 Å². The van der Waals surface area contributed by atoms with Gasteiger partial charge in [0, 0.05) is 28.2 Å². The summed E-state index contributed by atoms with van der Waals surface area (Å²) in [5, 5.41) is 4.39. The minimum Gasteiger partial charge on any atom is -0.496 e. The average Bonchev–Trinajstić information content (AvgIpc) is 2.92. The topological polar surface area (TPSA) is 38.5 Å². The van der Waals surface area contributed by atoms with Crippen LogP contribution in [0.2, 0.25) is 0 Å². The Labute approximate surface area is 155 Å². The molecule has 4 nitrogen and oxygen atoms in total. The highest BCUT2D eigenvalue weighted by Crippen LogP contribution is 2.20. The summed E-state index contributed by atoms with van der Waals surface area (Å²) < 4.78 is 7.62. The van der Waals surface area contributed by atoms with Gasteiger partial charge in [-0.25, -0.2) is 0 Å². The van der Waals surface area contributed by atoms with E-state index in [9.17, 15) is 0 Å². The van der Waals surface area contributed by atoms with Crippen LogP contribution in [0.15, 0.2) is 59.7 Å². The number of hydrogen-bond donors (Lipinski definition) is 1. The van der Waals surface area contributed by atoms with Gasteiger partial charge in [0.2, 0.25) is 0 Å². The van der Waals surface area contributed by atoms with Crippen molar-refractivity contribution in [2.24, 2.45) is 5.10 Å². The SMILES string of the molecule is COc1ccccc1CN/N=C/c1cc(C)n(-c2cccc(C)c2)c1C. The van der Waals surface area contributed by atoms with Crippen molar-refractivity contribution in [2.75, 3.05) is 7.11 Å². The van der Waals surface area contributed by atoms with Crippen LogP contribution in [-0.4, -0.2) is 17.9 Å². The summed E-state index contributed by atoms with van der Waals surface area (Å²) >= 11 is 0. The van der Waals surface area contributed by atoms with Gasteiger partial charge >= 0.3 is 0 Å². The zero-order chi connectivity index (χ0) is 18.5. The number of methoxy groups -OCH3 is 1. The lowest BCUT2D eigenvalue weighted by Gasteiger charge is -2.10. The van der Waals surface area contributed by atoms with Gasteiger partial charge in [0.15, 0.2) is 0 Å². The Hall–Kier alpha value is -3.01. The molecule has 0 bridgehead atoms. The molecular weight excluding hydrogens is 322 g/mol. The molecule has 0 saturated carbocycles. The quantitative estimate of drug-likeness (QED) is 0.525. The Morgan fingerprint density at radius 3 is 2.62 bits per heavy atom. The van der Waals surface area contributed by atoms with Gasteiger partial charge in [-0.1, -0.05) is 30.3 Å². The summed E-state index contributed by atoms with van der Waals surface area (Å²) in [5.74, 6) is 0.868. The first-order chi connectivity index (χ1) is 12.6. The van der Waals surface area contributed by atoms with E-state index in [4.69, 9.17) is 4.74 Å². The number of para-hydroxylation sites is 1. The zero-order valence-electron chi connectivity index (χ0n) is 15.8. The molecule has 0 radical (unpaired) electrons. The monoisotopic (exact) mass is 347 g/mol. The van der Waals surface area contributed by atoms with Crippen molar-refractivity contribution in [2.45, 2.75) is 27.3 Å². The standard InChI is InChI=1S/C22H25N3O/c1-16-8-7-10-21(12-16)25-17(2)13-20(18(25)3)15-24-23-14-19-9-5-6-11-22(19)26-4/h5-13,15,23H,14H2,1-4H3/b24-15+. The molecule has 134 valence electrons. The minimum absolute atomic E-state index is 0.622. The second-order valence-corrected chi connectivity index (χ2v) is 6.41. The molecule has 0 amide bonds. The number of rotatable bonds is 6. The Bertz CT molecular complexity index is 925. The fraction of sp³-hybridized carbons (Fsp3) is 0.227. The van der Waals surface area contributed by atoms with E-state index in [1.165, 1.54) is 22.6 Å². The molecule has 0 aliphatic heterocycles. The second kappa shape index (κ2) is 7.91. The smallest absolute Gasteiger partial charge is 0.123 e. The number of nitrogens with zero attached hydrogens (tertiary/aromatic N) is 2. The zero-order valence-corrected chi connectivity index (χ0v) is 15.8. The van der Waals surface area contributed by atoms with Crippen LogP contribution >= 0.6 is 0 Å². The van der Waals surface area contributed by atoms with Crippen LogP contribution < -0.4 is 10.2 Å². The largest absolute Gasteiger partial charge is 0.496 e. The van der Waals surface area contributed by atoms with E-state index < -0.39 is 0 Å². The Kier molecular flexibility index (Phi) is 5.42. The van der Waals surface area contributed by atoms with E-state index in [0.717, 1.165) is 16.9 Å². The summed E-state index contributed by atoms with van der Waals surface area (Å²) in [6.45, 7) is 6.98. The molecule has 0 unspecified atom stereocenters. The third-order valence-corrected chi connectivity index (χ3v) is 4.49. The summed E-state index contributed by atoms with van der Waals surface area (Å²) in [4.78, 5) is 0. The molecule has 3 rings (SSSR count). The Morgan fingerprint density at radius 1 is 1.04 bits per heavy atom. The number of hydrazone groups is 1. The molecule has 0 spiro atoms. The lowest BCUT2D eigenvalue weighted by atomic mass is 10.2. The van der Waals surface area contributed by atoms with Crippen molar-refractivity contribution in [3.05, 3.63) is 82.7 Å². The molecule has 1 aromatic heterocycles. The first-order valence-corrected chi connectivity index (χ1v) is 8.74. The molecule has 26 heavy (non-hydrogen) atoms. The highest BCUT2D eigenvalue weighted by Gasteiger charge is 2.09. The lowest BCUT2D eigenvalue weighted by molar-refractivity contribution is 0.408. The number of ether oxygens (including phenoxy) is 1. The maximum atomic E-state index is 5.36. The van der Waals surface area contributed by atoms with Gasteiger partial charge < -0.3 is 14.7 Å². The number of aryl methyl sites for hydroxylation is 2. The van der Waals surface area contributed by atoms with Crippen molar-refractivity contribution < 1.29 is 4.74 Å². The first-order valence-electron chi connectivity index (χ1n) is 8.74. The van der Waals surface area contributed by atoms with Crippen LogP contribution in [0.3, 0.4) is 0 Å². The van der Waals surface area contributed by atoms with Gasteiger partial charge in [0.05, 0.1) is 19.9 Å². The van der Waals surface area contributed by atoms with Crippen LogP contribution in [0, 0.1) is 20.8 Å². The highest BCUT2D eigenvalue weighted by atomic mass is 16.5. The first kappa shape index (κ1) is 17.8. The molecule has 1 heterocycles. The summed E-state index contributed by atoms with van der Waals surface area (Å²) in [5.41, 5.74) is 10.1. The summed E-state index contributed by atoms with van der Waals surface area (Å²) in [6.07, 6.45) is 1.88. The van der Waals surface area contributed by atoms with Gasteiger partial charge in [-0.3, -0.25) is 0 Å². The third kappa shape index (κ3) is 3.80. The number of nitrogens with one attached hydrogen (secondary N) is 1. The molecule has 1 N–H and O–H groups in total. The van der Waals surface area contributed by atoms with Gasteiger partial charge in [0.1, 0.15) is 5.75 Å². The average molecular weight is 347 g/mol. The molecule has 0 aliphatic rings. The summed E-state index contributed by atoms with van der Waals surface area (Å²) in [7, 11) is 1.68. The van der Waals surface area contributed by atoms with E-state index >= 15 is 0 Å². The number of benzene rings is 2. The Balaban J connectivity index is 1.74. The molecule has 2 aromatic carbocycles. The molecule has 0 atom stereocenters. The van der Waals surface area contributed by atoms with Crippen molar-refractivity contribution in [1.82, 2.24) is 9.99 Å². The molecule has 0 saturated heterocycles. The fourth-order valence-electron chi connectivity index (χ4n) is 3.18. The van der Waals surface area contributed by atoms with Crippen LogP contribution in [0.5, 0.6) is 5.75 Å². The van der Waals surface area contributed by atoms with E-state index in [2.05, 4.69) is 66.2 Å². The molecule has 0 aliphatic carbocycles. The predicted molar refractivity (Wildman–Crippen MR) is 107 cm³/mol. The lowest BCUT2D eigenvalue weighted by Crippen LogP contribution is -2.07. The van der Waals surface area contributed by atoms with E-state index in [1.54, 1.807) is 7.11 Å². The minimum atomic E-state index is 0.622. The normalized spacial score (nSPS) is 11.1. The third-order valence-electron chi connectivity index (χ3n) is 4.49. The van der Waals surface area contributed by atoms with Crippen molar-refractivity contribution in [1.29, 1.82) is 0 Å². The van der Waals surface area contributed by atoms with E-state index in [1.807, 2.05) is 30.5 Å². The number of aromatic nitrogens is 1. The van der Waals surface area contributed by atoms with Gasteiger partial charge in [-0.15, -0.1) is 0 Å². The Morgan fingerprint density at radius 2 is 1.85 bits per heavy atom.